The summed E-state index contributed by atoms with van der Waals surface area (Å²) in [7, 11) is 0. The second-order valence-corrected chi connectivity index (χ2v) is 9.49. The van der Waals surface area contributed by atoms with Crippen LogP contribution in [0, 0.1) is 13.8 Å². The second-order valence-electron chi connectivity index (χ2n) is 7.17. The Kier molecular flexibility index (Phi) is 5.69. The largest absolute Gasteiger partial charge is 0.361 e. The number of benzene rings is 1. The number of carbonyl (C=O) groups excluding carboxylic acids is 2. The number of rotatable bonds is 6. The van der Waals surface area contributed by atoms with Gasteiger partial charge in [-0.15, -0.1) is 22.7 Å². The molecule has 0 aliphatic carbocycles. The van der Waals surface area contributed by atoms with E-state index in [1.165, 1.54) is 28.0 Å². The van der Waals surface area contributed by atoms with Gasteiger partial charge < -0.3 is 15.6 Å². The SMILES string of the molecule is CC(=O)NC(Cc1c[nH]c2ccccc12)C(=O)Nc1nc(-c2cc(C)sc2C)cs1. The Morgan fingerprint density at radius 2 is 2.03 bits per heavy atom. The molecule has 3 aromatic heterocycles. The maximum atomic E-state index is 13.0. The minimum Gasteiger partial charge on any atom is -0.361 e. The van der Waals surface area contributed by atoms with Crippen LogP contribution in [0.3, 0.4) is 0 Å². The number of para-hydroxylation sites is 1. The molecule has 0 radical (unpaired) electrons. The number of fused-ring (bicyclic) bond motifs is 1. The van der Waals surface area contributed by atoms with Crippen molar-refractivity contribution in [2.24, 2.45) is 0 Å². The number of aromatic nitrogens is 2. The van der Waals surface area contributed by atoms with E-state index in [9.17, 15) is 9.59 Å². The van der Waals surface area contributed by atoms with E-state index >= 15 is 0 Å². The summed E-state index contributed by atoms with van der Waals surface area (Å²) in [5.74, 6) is -0.534. The molecule has 1 unspecified atom stereocenters. The molecule has 0 bridgehead atoms. The van der Waals surface area contributed by atoms with Crippen LogP contribution in [0.1, 0.15) is 22.2 Å². The van der Waals surface area contributed by atoms with Crippen LogP contribution in [-0.2, 0) is 16.0 Å². The van der Waals surface area contributed by atoms with Crippen LogP contribution in [0.15, 0.2) is 41.9 Å². The van der Waals surface area contributed by atoms with Crippen LogP contribution >= 0.6 is 22.7 Å². The zero-order valence-corrected chi connectivity index (χ0v) is 18.5. The standard InChI is InChI=1S/C22H22N4O2S2/c1-12-8-17(13(2)30-12)20-11-29-22(25-20)26-21(28)19(24-14(3)27)9-15-10-23-18-7-5-4-6-16(15)18/h4-8,10-11,19,23H,9H2,1-3H3,(H,24,27)(H,25,26,28). The molecular formula is C22H22N4O2S2. The molecule has 8 heteroatoms. The Hall–Kier alpha value is -2.97. The van der Waals surface area contributed by atoms with Crippen LogP contribution < -0.4 is 10.6 Å². The fourth-order valence-electron chi connectivity index (χ4n) is 3.51. The Morgan fingerprint density at radius 1 is 1.23 bits per heavy atom. The van der Waals surface area contributed by atoms with Gasteiger partial charge in [-0.2, -0.15) is 0 Å². The van der Waals surface area contributed by atoms with Gasteiger partial charge in [0.05, 0.1) is 5.69 Å². The summed E-state index contributed by atoms with van der Waals surface area (Å²) >= 11 is 3.11. The van der Waals surface area contributed by atoms with Crippen LogP contribution in [0.5, 0.6) is 0 Å². The number of anilines is 1. The highest BCUT2D eigenvalue weighted by Gasteiger charge is 2.23. The van der Waals surface area contributed by atoms with E-state index in [1.54, 1.807) is 11.3 Å². The molecule has 0 saturated carbocycles. The number of thiazole rings is 1. The summed E-state index contributed by atoms with van der Waals surface area (Å²) in [5.41, 5.74) is 3.92. The van der Waals surface area contributed by atoms with E-state index in [-0.39, 0.29) is 11.8 Å². The van der Waals surface area contributed by atoms with Crippen molar-refractivity contribution in [3.8, 4) is 11.3 Å². The molecule has 6 nitrogen and oxygen atoms in total. The molecule has 3 N–H and O–H groups in total. The average molecular weight is 439 g/mol. The zero-order valence-electron chi connectivity index (χ0n) is 16.9. The lowest BCUT2D eigenvalue weighted by molar-refractivity contribution is -0.125. The van der Waals surface area contributed by atoms with Crippen molar-refractivity contribution in [3.05, 3.63) is 57.2 Å². The van der Waals surface area contributed by atoms with Gasteiger partial charge in [-0.1, -0.05) is 18.2 Å². The lowest BCUT2D eigenvalue weighted by Crippen LogP contribution is -2.44. The lowest BCUT2D eigenvalue weighted by Gasteiger charge is -2.16. The predicted molar refractivity (Wildman–Crippen MR) is 123 cm³/mol. The van der Waals surface area contributed by atoms with E-state index in [0.29, 0.717) is 11.6 Å². The van der Waals surface area contributed by atoms with E-state index < -0.39 is 6.04 Å². The first kappa shape index (κ1) is 20.3. The monoisotopic (exact) mass is 438 g/mol. The van der Waals surface area contributed by atoms with Crippen molar-refractivity contribution in [1.29, 1.82) is 0 Å². The molecular weight excluding hydrogens is 416 g/mol. The zero-order chi connectivity index (χ0) is 21.3. The molecule has 0 fully saturated rings. The number of carbonyl (C=O) groups is 2. The van der Waals surface area contributed by atoms with Gasteiger partial charge in [0.15, 0.2) is 5.13 Å². The van der Waals surface area contributed by atoms with Crippen molar-refractivity contribution >= 4 is 50.5 Å². The second kappa shape index (κ2) is 8.41. The highest BCUT2D eigenvalue weighted by atomic mass is 32.1. The van der Waals surface area contributed by atoms with Gasteiger partial charge in [0, 0.05) is 51.1 Å². The maximum Gasteiger partial charge on any atom is 0.249 e. The average Bonchev–Trinajstić information content (AvgIpc) is 3.40. The van der Waals surface area contributed by atoms with Gasteiger partial charge in [0.2, 0.25) is 11.8 Å². The minimum atomic E-state index is -0.695. The number of aromatic amines is 1. The van der Waals surface area contributed by atoms with Gasteiger partial charge in [-0.3, -0.25) is 9.59 Å². The molecule has 154 valence electrons. The van der Waals surface area contributed by atoms with Gasteiger partial charge in [-0.05, 0) is 31.5 Å². The van der Waals surface area contributed by atoms with Gasteiger partial charge in [0.25, 0.3) is 0 Å². The number of nitrogens with one attached hydrogen (secondary N) is 3. The smallest absolute Gasteiger partial charge is 0.249 e. The number of H-pyrrole nitrogens is 1. The Morgan fingerprint density at radius 3 is 2.77 bits per heavy atom. The molecule has 3 heterocycles. The summed E-state index contributed by atoms with van der Waals surface area (Å²) in [6.07, 6.45) is 2.27. The van der Waals surface area contributed by atoms with Crippen molar-refractivity contribution in [1.82, 2.24) is 15.3 Å². The summed E-state index contributed by atoms with van der Waals surface area (Å²) < 4.78 is 0. The normalized spacial score (nSPS) is 12.1. The first-order valence-corrected chi connectivity index (χ1v) is 11.3. The van der Waals surface area contributed by atoms with Crippen molar-refractivity contribution in [3.63, 3.8) is 0 Å². The number of hydrogen-bond donors (Lipinski definition) is 3. The number of hydrogen-bond acceptors (Lipinski definition) is 5. The molecule has 0 spiro atoms. The number of aryl methyl sites for hydroxylation is 2. The summed E-state index contributed by atoms with van der Waals surface area (Å²) in [6, 6.07) is 9.31. The minimum absolute atomic E-state index is 0.251. The Bertz CT molecular complexity index is 1220. The third kappa shape index (κ3) is 4.29. The fourth-order valence-corrected chi connectivity index (χ4v) is 5.15. The highest BCUT2D eigenvalue weighted by Crippen LogP contribution is 2.32. The molecule has 30 heavy (non-hydrogen) atoms. The van der Waals surface area contributed by atoms with Crippen LogP contribution in [0.4, 0.5) is 5.13 Å². The molecule has 1 atom stereocenters. The predicted octanol–water partition coefficient (Wildman–Crippen LogP) is 4.66. The van der Waals surface area contributed by atoms with E-state index in [4.69, 9.17) is 0 Å². The molecule has 0 aliphatic heterocycles. The summed E-state index contributed by atoms with van der Waals surface area (Å²) in [4.78, 5) is 34.9. The van der Waals surface area contributed by atoms with Crippen molar-refractivity contribution in [2.75, 3.05) is 5.32 Å². The van der Waals surface area contributed by atoms with Gasteiger partial charge in [0.1, 0.15) is 6.04 Å². The Balaban J connectivity index is 1.53. The van der Waals surface area contributed by atoms with E-state index in [0.717, 1.165) is 27.7 Å². The first-order valence-electron chi connectivity index (χ1n) is 9.56. The first-order chi connectivity index (χ1) is 14.4. The molecule has 2 amide bonds. The van der Waals surface area contributed by atoms with E-state index in [2.05, 4.69) is 40.5 Å². The highest BCUT2D eigenvalue weighted by molar-refractivity contribution is 7.14. The molecule has 0 saturated heterocycles. The third-order valence-electron chi connectivity index (χ3n) is 4.84. The topological polar surface area (TPSA) is 86.9 Å². The van der Waals surface area contributed by atoms with Crippen LogP contribution in [0.25, 0.3) is 22.2 Å². The van der Waals surface area contributed by atoms with Gasteiger partial charge >= 0.3 is 0 Å². The molecule has 1 aromatic carbocycles. The number of thiophene rings is 1. The number of amides is 2. The van der Waals surface area contributed by atoms with Crippen molar-refractivity contribution in [2.45, 2.75) is 33.2 Å². The molecule has 0 aliphatic rings. The fraction of sp³-hybridized carbons (Fsp3) is 0.227. The molecule has 4 aromatic rings. The number of nitrogens with zero attached hydrogens (tertiary/aromatic N) is 1. The van der Waals surface area contributed by atoms with Gasteiger partial charge in [-0.25, -0.2) is 4.98 Å². The summed E-state index contributed by atoms with van der Waals surface area (Å²) in [6.45, 7) is 5.55. The van der Waals surface area contributed by atoms with Crippen LogP contribution in [-0.4, -0.2) is 27.8 Å². The quantitative estimate of drug-likeness (QED) is 0.409. The molecule has 4 rings (SSSR count). The van der Waals surface area contributed by atoms with E-state index in [1.807, 2.05) is 35.8 Å². The maximum absolute atomic E-state index is 13.0. The van der Waals surface area contributed by atoms with Crippen LogP contribution in [0.2, 0.25) is 0 Å². The lowest BCUT2D eigenvalue weighted by atomic mass is 10.0. The summed E-state index contributed by atoms with van der Waals surface area (Å²) in [5, 5.41) is 9.14. The third-order valence-corrected chi connectivity index (χ3v) is 6.57. The van der Waals surface area contributed by atoms with Crippen molar-refractivity contribution < 1.29 is 9.59 Å². The Labute approximate surface area is 182 Å².